The van der Waals surface area contributed by atoms with Gasteiger partial charge in [0.1, 0.15) is 12.4 Å². The number of halogens is 1. The summed E-state index contributed by atoms with van der Waals surface area (Å²) in [5.41, 5.74) is 6.01. The van der Waals surface area contributed by atoms with Gasteiger partial charge in [-0.25, -0.2) is 4.39 Å². The maximum Gasteiger partial charge on any atom is 0.258 e. The molecule has 0 radical (unpaired) electrons. The topological polar surface area (TPSA) is 102 Å². The molecule has 2 rings (SSSR count). The van der Waals surface area contributed by atoms with Crippen molar-refractivity contribution in [2.24, 2.45) is 0 Å². The summed E-state index contributed by atoms with van der Waals surface area (Å²) in [4.78, 5) is 23.1. The fourth-order valence-corrected chi connectivity index (χ4v) is 1.66. The zero-order valence-corrected chi connectivity index (χ0v) is 11.3. The second-order valence-electron chi connectivity index (χ2n) is 4.29. The Morgan fingerprint density at radius 1 is 1.43 bits per heavy atom. The predicted molar refractivity (Wildman–Crippen MR) is 75.1 cm³/mol. The average molecular weight is 291 g/mol. The molecule has 0 aliphatic heterocycles. The zero-order valence-electron chi connectivity index (χ0n) is 11.3. The van der Waals surface area contributed by atoms with E-state index in [2.05, 4.69) is 15.7 Å². The molecule has 21 heavy (non-hydrogen) atoms. The van der Waals surface area contributed by atoms with E-state index in [1.165, 1.54) is 36.3 Å². The number of nitrogens with zero attached hydrogens (tertiary/aromatic N) is 2. The summed E-state index contributed by atoms with van der Waals surface area (Å²) in [7, 11) is 1.51. The van der Waals surface area contributed by atoms with Gasteiger partial charge in [0.05, 0.1) is 17.4 Å². The summed E-state index contributed by atoms with van der Waals surface area (Å²) >= 11 is 0. The molecule has 1 heterocycles. The largest absolute Gasteiger partial charge is 0.399 e. The van der Waals surface area contributed by atoms with E-state index in [0.29, 0.717) is 5.69 Å². The highest BCUT2D eigenvalue weighted by molar-refractivity contribution is 6.04. The Hall–Kier alpha value is -2.90. The second kappa shape index (κ2) is 6.04. The zero-order chi connectivity index (χ0) is 15.4. The van der Waals surface area contributed by atoms with Crippen LogP contribution in [-0.2, 0) is 11.3 Å². The number of nitrogens with two attached hydrogens (primary N) is 1. The van der Waals surface area contributed by atoms with Crippen LogP contribution in [0, 0.1) is 5.82 Å². The van der Waals surface area contributed by atoms with Gasteiger partial charge in [0.15, 0.2) is 0 Å². The number of carbonyl (C=O) groups excluding carboxylic acids is 2. The van der Waals surface area contributed by atoms with Gasteiger partial charge in [-0.3, -0.25) is 14.3 Å². The normalized spacial score (nSPS) is 10.2. The number of amides is 2. The van der Waals surface area contributed by atoms with E-state index < -0.39 is 11.7 Å². The highest BCUT2D eigenvalue weighted by atomic mass is 19.1. The maximum atomic E-state index is 13.6. The Bertz CT molecular complexity index is 683. The molecule has 8 heteroatoms. The van der Waals surface area contributed by atoms with Gasteiger partial charge in [-0.1, -0.05) is 0 Å². The van der Waals surface area contributed by atoms with Crippen LogP contribution in [0.1, 0.15) is 10.4 Å². The second-order valence-corrected chi connectivity index (χ2v) is 4.29. The molecule has 0 atom stereocenters. The lowest BCUT2D eigenvalue weighted by molar-refractivity contribution is -0.121. The summed E-state index contributed by atoms with van der Waals surface area (Å²) in [5.74, 6) is -1.53. The number of hydrogen-bond donors (Lipinski definition) is 3. The van der Waals surface area contributed by atoms with E-state index in [-0.39, 0.29) is 23.7 Å². The fraction of sp³-hybridized carbons (Fsp3) is 0.154. The molecule has 110 valence electrons. The number of carbonyl (C=O) groups is 2. The highest BCUT2D eigenvalue weighted by Crippen LogP contribution is 2.14. The first kappa shape index (κ1) is 14.5. The van der Waals surface area contributed by atoms with Crippen molar-refractivity contribution in [3.63, 3.8) is 0 Å². The first-order chi connectivity index (χ1) is 9.99. The third kappa shape index (κ3) is 3.56. The number of nitrogens with one attached hydrogen (secondary N) is 2. The van der Waals surface area contributed by atoms with Crippen molar-refractivity contribution in [3.8, 4) is 0 Å². The van der Waals surface area contributed by atoms with Crippen LogP contribution in [0.15, 0.2) is 30.6 Å². The Balaban J connectivity index is 2.09. The van der Waals surface area contributed by atoms with Gasteiger partial charge in [-0.05, 0) is 18.2 Å². The van der Waals surface area contributed by atoms with Crippen molar-refractivity contribution in [3.05, 3.63) is 42.0 Å². The summed E-state index contributed by atoms with van der Waals surface area (Å²) in [6.07, 6.45) is 2.84. The smallest absolute Gasteiger partial charge is 0.258 e. The minimum Gasteiger partial charge on any atom is -0.399 e. The Labute approximate surface area is 119 Å². The number of likely N-dealkylation sites (N-methyl/N-ethyl adjacent to an activating group) is 1. The molecule has 0 unspecified atom stereocenters. The minimum absolute atomic E-state index is 0.0268. The quantitative estimate of drug-likeness (QED) is 0.718. The maximum absolute atomic E-state index is 13.6. The SMILES string of the molecule is CNC(=O)Cn1cc(NC(=O)c2cc(N)ccc2F)cn1. The predicted octanol–water partition coefficient (Wildman–Crippen LogP) is 0.603. The highest BCUT2D eigenvalue weighted by Gasteiger charge is 2.13. The van der Waals surface area contributed by atoms with E-state index >= 15 is 0 Å². The number of nitrogen functional groups attached to an aromatic ring is 1. The molecule has 4 N–H and O–H groups in total. The minimum atomic E-state index is -0.667. The van der Waals surface area contributed by atoms with Gasteiger partial charge in [-0.2, -0.15) is 5.10 Å². The summed E-state index contributed by atoms with van der Waals surface area (Å²) in [5, 5.41) is 8.85. The Morgan fingerprint density at radius 2 is 2.19 bits per heavy atom. The van der Waals surface area contributed by atoms with E-state index in [0.717, 1.165) is 6.07 Å². The number of benzene rings is 1. The van der Waals surface area contributed by atoms with Crippen LogP contribution < -0.4 is 16.4 Å². The molecule has 0 bridgehead atoms. The standard InChI is InChI=1S/C13H14FN5O2/c1-16-12(20)7-19-6-9(5-17-19)18-13(21)10-4-8(15)2-3-11(10)14/h2-6H,7,15H2,1H3,(H,16,20)(H,18,21). The van der Waals surface area contributed by atoms with Crippen molar-refractivity contribution in [2.45, 2.75) is 6.54 Å². The molecule has 1 aromatic carbocycles. The molecule has 1 aromatic heterocycles. The molecule has 0 fully saturated rings. The van der Waals surface area contributed by atoms with Gasteiger partial charge in [0.25, 0.3) is 5.91 Å². The van der Waals surface area contributed by atoms with E-state index in [1.54, 1.807) is 0 Å². The van der Waals surface area contributed by atoms with Crippen molar-refractivity contribution in [2.75, 3.05) is 18.1 Å². The van der Waals surface area contributed by atoms with Crippen molar-refractivity contribution >= 4 is 23.2 Å². The monoisotopic (exact) mass is 291 g/mol. The van der Waals surface area contributed by atoms with Gasteiger partial charge in [0, 0.05) is 18.9 Å². The molecule has 2 aromatic rings. The fourth-order valence-electron chi connectivity index (χ4n) is 1.66. The van der Waals surface area contributed by atoms with E-state index in [1.807, 2.05) is 0 Å². The number of aromatic nitrogens is 2. The summed E-state index contributed by atoms with van der Waals surface area (Å²) in [6.45, 7) is 0.0268. The molecule has 0 saturated carbocycles. The third-order valence-electron chi connectivity index (χ3n) is 2.71. The Morgan fingerprint density at radius 3 is 2.90 bits per heavy atom. The summed E-state index contributed by atoms with van der Waals surface area (Å²) < 4.78 is 14.9. The van der Waals surface area contributed by atoms with Crippen LogP contribution in [0.25, 0.3) is 0 Å². The number of hydrogen-bond acceptors (Lipinski definition) is 4. The van der Waals surface area contributed by atoms with Crippen LogP contribution >= 0.6 is 0 Å². The lowest BCUT2D eigenvalue weighted by atomic mass is 10.1. The van der Waals surface area contributed by atoms with Crippen molar-refractivity contribution in [1.82, 2.24) is 15.1 Å². The van der Waals surface area contributed by atoms with Crippen molar-refractivity contribution in [1.29, 1.82) is 0 Å². The van der Waals surface area contributed by atoms with E-state index in [4.69, 9.17) is 5.73 Å². The van der Waals surface area contributed by atoms with Crippen LogP contribution in [0.4, 0.5) is 15.8 Å². The average Bonchev–Trinajstić information content (AvgIpc) is 2.88. The molecule has 0 aliphatic rings. The van der Waals surface area contributed by atoms with Gasteiger partial charge < -0.3 is 16.4 Å². The lowest BCUT2D eigenvalue weighted by Gasteiger charge is -2.04. The van der Waals surface area contributed by atoms with E-state index in [9.17, 15) is 14.0 Å². The lowest BCUT2D eigenvalue weighted by Crippen LogP contribution is -2.23. The molecule has 2 amide bonds. The molecule has 0 saturated heterocycles. The molecule has 0 spiro atoms. The molecule has 0 aliphatic carbocycles. The summed E-state index contributed by atoms with van der Waals surface area (Å²) in [6, 6.07) is 3.74. The Kier molecular flexibility index (Phi) is 4.17. The third-order valence-corrected chi connectivity index (χ3v) is 2.71. The van der Waals surface area contributed by atoms with Crippen molar-refractivity contribution < 1.29 is 14.0 Å². The van der Waals surface area contributed by atoms with Crippen LogP contribution in [0.3, 0.4) is 0 Å². The van der Waals surface area contributed by atoms with Crippen LogP contribution in [-0.4, -0.2) is 28.6 Å². The molecular weight excluding hydrogens is 277 g/mol. The van der Waals surface area contributed by atoms with Crippen LogP contribution in [0.2, 0.25) is 0 Å². The molecular formula is C13H14FN5O2. The number of rotatable bonds is 4. The first-order valence-corrected chi connectivity index (χ1v) is 6.09. The van der Waals surface area contributed by atoms with Crippen LogP contribution in [0.5, 0.6) is 0 Å². The van der Waals surface area contributed by atoms with Gasteiger partial charge >= 0.3 is 0 Å². The first-order valence-electron chi connectivity index (χ1n) is 6.09. The van der Waals surface area contributed by atoms with Gasteiger partial charge in [0.2, 0.25) is 5.91 Å². The number of anilines is 2. The molecule has 7 nitrogen and oxygen atoms in total. The van der Waals surface area contributed by atoms with Gasteiger partial charge in [-0.15, -0.1) is 0 Å².